The Bertz CT molecular complexity index is 397. The number of piperidine rings is 1. The Labute approximate surface area is 123 Å². The summed E-state index contributed by atoms with van der Waals surface area (Å²) in [5.74, 6) is 1.78. The van der Waals surface area contributed by atoms with E-state index in [1.165, 1.54) is 50.9 Å². The molecule has 0 aromatic heterocycles. The SMILES string of the molecule is CC(C1CCNCC1)C1CCCN1Cc1ccccc1. The zero-order valence-electron chi connectivity index (χ0n) is 12.7. The topological polar surface area (TPSA) is 15.3 Å². The molecule has 2 heteroatoms. The predicted octanol–water partition coefficient (Wildman–Crippen LogP) is 3.29. The smallest absolute Gasteiger partial charge is 0.0236 e. The molecule has 110 valence electrons. The molecule has 2 aliphatic rings. The second-order valence-electron chi connectivity index (χ2n) is 6.61. The maximum atomic E-state index is 3.50. The molecule has 2 unspecified atom stereocenters. The lowest BCUT2D eigenvalue weighted by atomic mass is 9.80. The molecule has 3 rings (SSSR count). The van der Waals surface area contributed by atoms with Crippen molar-refractivity contribution in [2.24, 2.45) is 11.8 Å². The summed E-state index contributed by atoms with van der Waals surface area (Å²) in [4.78, 5) is 2.74. The fourth-order valence-electron chi connectivity index (χ4n) is 4.15. The third-order valence-corrected chi connectivity index (χ3v) is 5.38. The molecule has 1 aromatic carbocycles. The molecule has 2 atom stereocenters. The molecule has 2 heterocycles. The number of benzene rings is 1. The second kappa shape index (κ2) is 6.73. The van der Waals surface area contributed by atoms with Crippen LogP contribution in [0.1, 0.15) is 38.2 Å². The maximum Gasteiger partial charge on any atom is 0.0236 e. The molecule has 0 saturated carbocycles. The Balaban J connectivity index is 1.62. The lowest BCUT2D eigenvalue weighted by molar-refractivity contribution is 0.132. The normalized spacial score (nSPS) is 26.8. The van der Waals surface area contributed by atoms with Gasteiger partial charge in [-0.3, -0.25) is 4.90 Å². The van der Waals surface area contributed by atoms with E-state index in [1.54, 1.807) is 0 Å². The summed E-state index contributed by atoms with van der Waals surface area (Å²) in [6.07, 6.45) is 5.53. The molecule has 0 amide bonds. The van der Waals surface area contributed by atoms with Gasteiger partial charge in [-0.25, -0.2) is 0 Å². The van der Waals surface area contributed by atoms with Gasteiger partial charge in [0.1, 0.15) is 0 Å². The van der Waals surface area contributed by atoms with Crippen LogP contribution in [-0.2, 0) is 6.54 Å². The van der Waals surface area contributed by atoms with Gasteiger partial charge < -0.3 is 5.32 Å². The largest absolute Gasteiger partial charge is 0.317 e. The van der Waals surface area contributed by atoms with Gasteiger partial charge in [-0.1, -0.05) is 37.3 Å². The minimum absolute atomic E-state index is 0.804. The predicted molar refractivity (Wildman–Crippen MR) is 84.6 cm³/mol. The summed E-state index contributed by atoms with van der Waals surface area (Å²) in [7, 11) is 0. The Morgan fingerprint density at radius 3 is 2.65 bits per heavy atom. The average molecular weight is 272 g/mol. The van der Waals surface area contributed by atoms with Crippen molar-refractivity contribution in [1.82, 2.24) is 10.2 Å². The lowest BCUT2D eigenvalue weighted by Crippen LogP contribution is -2.40. The van der Waals surface area contributed by atoms with Gasteiger partial charge >= 0.3 is 0 Å². The van der Waals surface area contributed by atoms with E-state index in [4.69, 9.17) is 0 Å². The van der Waals surface area contributed by atoms with E-state index < -0.39 is 0 Å². The first-order valence-corrected chi connectivity index (χ1v) is 8.33. The number of rotatable bonds is 4. The van der Waals surface area contributed by atoms with Crippen LogP contribution < -0.4 is 5.32 Å². The molecule has 2 saturated heterocycles. The summed E-state index contributed by atoms with van der Waals surface area (Å²) >= 11 is 0. The highest BCUT2D eigenvalue weighted by molar-refractivity contribution is 5.15. The number of hydrogen-bond donors (Lipinski definition) is 1. The second-order valence-corrected chi connectivity index (χ2v) is 6.61. The van der Waals surface area contributed by atoms with Crippen LogP contribution in [0.3, 0.4) is 0 Å². The Morgan fingerprint density at radius 1 is 1.15 bits per heavy atom. The summed E-state index contributed by atoms with van der Waals surface area (Å²) in [6.45, 7) is 7.38. The van der Waals surface area contributed by atoms with Crippen molar-refractivity contribution in [3.05, 3.63) is 35.9 Å². The number of nitrogens with one attached hydrogen (secondary N) is 1. The van der Waals surface area contributed by atoms with Crippen molar-refractivity contribution >= 4 is 0 Å². The number of likely N-dealkylation sites (tertiary alicyclic amines) is 1. The monoisotopic (exact) mass is 272 g/mol. The molecule has 1 aromatic rings. The van der Waals surface area contributed by atoms with Gasteiger partial charge in [0.25, 0.3) is 0 Å². The van der Waals surface area contributed by atoms with Gasteiger partial charge in [0, 0.05) is 12.6 Å². The Kier molecular flexibility index (Phi) is 4.74. The fourth-order valence-corrected chi connectivity index (χ4v) is 4.15. The van der Waals surface area contributed by atoms with Crippen LogP contribution in [0.4, 0.5) is 0 Å². The van der Waals surface area contributed by atoms with Gasteiger partial charge in [-0.05, 0) is 62.7 Å². The zero-order valence-corrected chi connectivity index (χ0v) is 12.7. The van der Waals surface area contributed by atoms with Gasteiger partial charge in [0.05, 0.1) is 0 Å². The van der Waals surface area contributed by atoms with Crippen LogP contribution in [0, 0.1) is 11.8 Å². The lowest BCUT2D eigenvalue weighted by Gasteiger charge is -2.36. The highest BCUT2D eigenvalue weighted by atomic mass is 15.2. The highest BCUT2D eigenvalue weighted by Gasteiger charge is 2.33. The first kappa shape index (κ1) is 14.1. The van der Waals surface area contributed by atoms with E-state index in [0.29, 0.717) is 0 Å². The van der Waals surface area contributed by atoms with E-state index in [1.807, 2.05) is 0 Å². The Hall–Kier alpha value is -0.860. The fraction of sp³-hybridized carbons (Fsp3) is 0.667. The molecule has 2 fully saturated rings. The van der Waals surface area contributed by atoms with E-state index in [-0.39, 0.29) is 0 Å². The highest BCUT2D eigenvalue weighted by Crippen LogP contribution is 2.33. The third-order valence-electron chi connectivity index (χ3n) is 5.38. The number of hydrogen-bond acceptors (Lipinski definition) is 2. The van der Waals surface area contributed by atoms with Gasteiger partial charge in [0.15, 0.2) is 0 Å². The minimum Gasteiger partial charge on any atom is -0.317 e. The van der Waals surface area contributed by atoms with Crippen molar-refractivity contribution < 1.29 is 0 Å². The van der Waals surface area contributed by atoms with E-state index in [0.717, 1.165) is 24.4 Å². The molecule has 0 spiro atoms. The molecule has 0 aliphatic carbocycles. The van der Waals surface area contributed by atoms with E-state index >= 15 is 0 Å². The van der Waals surface area contributed by atoms with Crippen LogP contribution in [0.15, 0.2) is 30.3 Å². The van der Waals surface area contributed by atoms with Gasteiger partial charge in [-0.2, -0.15) is 0 Å². The van der Waals surface area contributed by atoms with Crippen molar-refractivity contribution in [2.45, 2.75) is 45.2 Å². The molecule has 0 radical (unpaired) electrons. The van der Waals surface area contributed by atoms with Gasteiger partial charge in [0.2, 0.25) is 0 Å². The molecular weight excluding hydrogens is 244 g/mol. The van der Waals surface area contributed by atoms with Crippen molar-refractivity contribution in [3.8, 4) is 0 Å². The number of nitrogens with zero attached hydrogens (tertiary/aromatic N) is 1. The van der Waals surface area contributed by atoms with Crippen LogP contribution in [0.2, 0.25) is 0 Å². The summed E-state index contributed by atoms with van der Waals surface area (Å²) in [5, 5.41) is 3.50. The first-order valence-electron chi connectivity index (χ1n) is 8.33. The Morgan fingerprint density at radius 2 is 1.90 bits per heavy atom. The van der Waals surface area contributed by atoms with Crippen LogP contribution in [0.25, 0.3) is 0 Å². The van der Waals surface area contributed by atoms with Crippen molar-refractivity contribution in [1.29, 1.82) is 0 Å². The standard InChI is InChI=1S/C18H28N2/c1-15(17-9-11-19-12-10-17)18-8-5-13-20(18)14-16-6-3-2-4-7-16/h2-4,6-7,15,17-19H,5,8-14H2,1H3. The molecule has 1 N–H and O–H groups in total. The molecule has 2 aliphatic heterocycles. The van der Waals surface area contributed by atoms with Crippen LogP contribution in [0.5, 0.6) is 0 Å². The molecule has 20 heavy (non-hydrogen) atoms. The summed E-state index contributed by atoms with van der Waals surface area (Å²) in [5.41, 5.74) is 1.47. The quantitative estimate of drug-likeness (QED) is 0.905. The minimum atomic E-state index is 0.804. The maximum absolute atomic E-state index is 3.50. The molecular formula is C18H28N2. The van der Waals surface area contributed by atoms with Gasteiger partial charge in [-0.15, -0.1) is 0 Å². The van der Waals surface area contributed by atoms with E-state index in [2.05, 4.69) is 47.5 Å². The summed E-state index contributed by atoms with van der Waals surface area (Å²) < 4.78 is 0. The zero-order chi connectivity index (χ0) is 13.8. The van der Waals surface area contributed by atoms with Crippen molar-refractivity contribution in [2.75, 3.05) is 19.6 Å². The summed E-state index contributed by atoms with van der Waals surface area (Å²) in [6, 6.07) is 11.8. The molecule has 2 nitrogen and oxygen atoms in total. The van der Waals surface area contributed by atoms with Crippen LogP contribution >= 0.6 is 0 Å². The van der Waals surface area contributed by atoms with Crippen LogP contribution in [-0.4, -0.2) is 30.6 Å². The average Bonchev–Trinajstić information content (AvgIpc) is 2.96. The third kappa shape index (κ3) is 3.24. The molecule has 0 bridgehead atoms. The van der Waals surface area contributed by atoms with Crippen molar-refractivity contribution in [3.63, 3.8) is 0 Å². The van der Waals surface area contributed by atoms with E-state index in [9.17, 15) is 0 Å². The first-order chi connectivity index (χ1) is 9.84.